The van der Waals surface area contributed by atoms with Gasteiger partial charge in [0.15, 0.2) is 0 Å². The molecule has 0 saturated heterocycles. The molecule has 7 heteroatoms. The lowest BCUT2D eigenvalue weighted by molar-refractivity contribution is 0.397. The molecule has 1 rings (SSSR count). The van der Waals surface area contributed by atoms with Crippen molar-refractivity contribution < 1.29 is 17.7 Å². The fraction of sp³-hybridized carbons (Fsp3) is 0.143. The molecule has 76 valence electrons. The number of benzene rings is 1. The summed E-state index contributed by atoms with van der Waals surface area (Å²) in [7, 11) is -3.07. The summed E-state index contributed by atoms with van der Waals surface area (Å²) < 4.78 is 35.2. The molecular formula is C7H8N2O4S. The van der Waals surface area contributed by atoms with Crippen molar-refractivity contribution >= 4 is 15.8 Å². The number of nitrogens with one attached hydrogen (secondary N) is 1. The van der Waals surface area contributed by atoms with Crippen molar-refractivity contribution in [3.63, 3.8) is 0 Å². The van der Waals surface area contributed by atoms with Crippen LogP contribution in [0.4, 0.5) is 5.69 Å². The lowest BCUT2D eigenvalue weighted by Gasteiger charge is -2.05. The summed E-state index contributed by atoms with van der Waals surface area (Å²) >= 11 is 0. The van der Waals surface area contributed by atoms with E-state index >= 15 is 0 Å². The Hall–Kier alpha value is -1.47. The monoisotopic (exact) mass is 216 g/mol. The van der Waals surface area contributed by atoms with E-state index < -0.39 is 15.0 Å². The van der Waals surface area contributed by atoms with Gasteiger partial charge in [0, 0.05) is 0 Å². The third-order valence-electron chi connectivity index (χ3n) is 1.55. The molecule has 1 aromatic rings. The second kappa shape index (κ2) is 3.72. The summed E-state index contributed by atoms with van der Waals surface area (Å²) in [5, 5.41) is 3.04. The van der Waals surface area contributed by atoms with E-state index in [-0.39, 0.29) is 11.4 Å². The molecule has 0 spiro atoms. The van der Waals surface area contributed by atoms with Gasteiger partial charge in [-0.15, -0.1) is 0 Å². The number of methoxy groups -OCH3 is 1. The zero-order chi connectivity index (χ0) is 10.8. The number of hydrogen-bond acceptors (Lipinski definition) is 5. The maximum absolute atomic E-state index is 10.9. The van der Waals surface area contributed by atoms with Crippen molar-refractivity contribution in [2.24, 2.45) is 5.11 Å². The summed E-state index contributed by atoms with van der Waals surface area (Å²) in [6.45, 7) is 0. The molecule has 0 saturated carbocycles. The van der Waals surface area contributed by atoms with Crippen LogP contribution in [-0.4, -0.2) is 20.1 Å². The molecule has 0 aromatic heterocycles. The molecule has 14 heavy (non-hydrogen) atoms. The van der Waals surface area contributed by atoms with Crippen LogP contribution in [0.1, 0.15) is 0 Å². The van der Waals surface area contributed by atoms with Gasteiger partial charge in [-0.25, -0.2) is 5.53 Å². The highest BCUT2D eigenvalue weighted by molar-refractivity contribution is 7.86. The Morgan fingerprint density at radius 1 is 1.50 bits per heavy atom. The van der Waals surface area contributed by atoms with Gasteiger partial charge in [0.1, 0.15) is 10.6 Å². The molecule has 0 aliphatic rings. The molecule has 6 nitrogen and oxygen atoms in total. The van der Waals surface area contributed by atoms with Crippen LogP contribution < -0.4 is 4.74 Å². The van der Waals surface area contributed by atoms with E-state index in [4.69, 9.17) is 14.8 Å². The van der Waals surface area contributed by atoms with Crippen LogP contribution in [0.3, 0.4) is 0 Å². The predicted molar refractivity (Wildman–Crippen MR) is 47.6 cm³/mol. The minimum atomic E-state index is -4.35. The van der Waals surface area contributed by atoms with E-state index in [0.717, 1.165) is 6.07 Å². The Kier molecular flexibility index (Phi) is 2.82. The van der Waals surface area contributed by atoms with Gasteiger partial charge in [-0.1, -0.05) is 0 Å². The third-order valence-corrected chi connectivity index (χ3v) is 2.43. The summed E-state index contributed by atoms with van der Waals surface area (Å²) in [6, 6.07) is 3.78. The standard InChI is InChI=1S/C7H8N2O4S/c1-13-6-3-2-5(9-8)4-7(6)14(10,11)12/h2-4,8H,1H3,(H,10,11,12). The first-order valence-electron chi connectivity index (χ1n) is 3.52. The normalized spacial score (nSPS) is 11.0. The van der Waals surface area contributed by atoms with Crippen LogP contribution in [0.2, 0.25) is 0 Å². The molecule has 0 atom stereocenters. The van der Waals surface area contributed by atoms with Gasteiger partial charge in [0.25, 0.3) is 10.1 Å². The first kappa shape index (κ1) is 10.6. The second-order valence-electron chi connectivity index (χ2n) is 2.42. The Bertz CT molecular complexity index is 455. The lowest BCUT2D eigenvalue weighted by atomic mass is 10.3. The molecule has 1 aromatic carbocycles. The SMILES string of the molecule is COc1ccc(N=N)cc1S(=O)(=O)O. The molecule has 0 bridgehead atoms. The summed E-state index contributed by atoms with van der Waals surface area (Å²) in [5.41, 5.74) is 6.80. The number of ether oxygens (including phenoxy) is 1. The number of nitrogens with zero attached hydrogens (tertiary/aromatic N) is 1. The van der Waals surface area contributed by atoms with Crippen LogP contribution in [0.15, 0.2) is 28.2 Å². The van der Waals surface area contributed by atoms with E-state index in [0.29, 0.717) is 0 Å². The average Bonchev–Trinajstić information content (AvgIpc) is 2.15. The Labute approximate surface area is 80.8 Å². The van der Waals surface area contributed by atoms with Gasteiger partial charge in [0.05, 0.1) is 12.8 Å². The van der Waals surface area contributed by atoms with Gasteiger partial charge in [-0.2, -0.15) is 13.5 Å². The maximum atomic E-state index is 10.9. The molecule has 0 unspecified atom stereocenters. The predicted octanol–water partition coefficient (Wildman–Crippen LogP) is 1.60. The van der Waals surface area contributed by atoms with Gasteiger partial charge in [-0.3, -0.25) is 4.55 Å². The smallest absolute Gasteiger partial charge is 0.298 e. The van der Waals surface area contributed by atoms with Crippen LogP contribution in [0, 0.1) is 5.53 Å². The zero-order valence-electron chi connectivity index (χ0n) is 7.26. The molecule has 0 aliphatic carbocycles. The molecular weight excluding hydrogens is 208 g/mol. The van der Waals surface area contributed by atoms with Gasteiger partial charge in [-0.05, 0) is 18.2 Å². The Balaban J connectivity index is 3.44. The quantitative estimate of drug-likeness (QED) is 0.592. The van der Waals surface area contributed by atoms with E-state index in [2.05, 4.69) is 5.11 Å². The minimum absolute atomic E-state index is 0.0138. The first-order chi connectivity index (χ1) is 6.49. The van der Waals surface area contributed by atoms with Crippen LogP contribution in [0.5, 0.6) is 5.75 Å². The Morgan fingerprint density at radius 3 is 2.57 bits per heavy atom. The van der Waals surface area contributed by atoms with Crippen LogP contribution >= 0.6 is 0 Å². The summed E-state index contributed by atoms with van der Waals surface area (Å²) in [5.74, 6) is 0.0138. The molecule has 0 heterocycles. The van der Waals surface area contributed by atoms with E-state index in [1.807, 2.05) is 0 Å². The minimum Gasteiger partial charge on any atom is -0.495 e. The Morgan fingerprint density at radius 2 is 2.14 bits per heavy atom. The molecule has 0 amide bonds. The van der Waals surface area contributed by atoms with Crippen LogP contribution in [0.25, 0.3) is 0 Å². The molecule has 0 radical (unpaired) electrons. The summed E-state index contributed by atoms with van der Waals surface area (Å²) in [4.78, 5) is -0.395. The van der Waals surface area contributed by atoms with Gasteiger partial charge >= 0.3 is 0 Å². The highest BCUT2D eigenvalue weighted by atomic mass is 32.2. The summed E-state index contributed by atoms with van der Waals surface area (Å²) in [6.07, 6.45) is 0. The zero-order valence-corrected chi connectivity index (χ0v) is 8.08. The fourth-order valence-corrected chi connectivity index (χ4v) is 1.61. The lowest BCUT2D eigenvalue weighted by Crippen LogP contribution is -2.00. The molecule has 0 fully saturated rings. The van der Waals surface area contributed by atoms with Crippen molar-refractivity contribution in [2.45, 2.75) is 4.90 Å². The highest BCUT2D eigenvalue weighted by Gasteiger charge is 2.16. The van der Waals surface area contributed by atoms with Crippen molar-refractivity contribution in [1.82, 2.24) is 0 Å². The van der Waals surface area contributed by atoms with Crippen LogP contribution in [-0.2, 0) is 10.1 Å². The third kappa shape index (κ3) is 2.06. The average molecular weight is 216 g/mol. The van der Waals surface area contributed by atoms with Crippen molar-refractivity contribution in [3.8, 4) is 5.75 Å². The topological polar surface area (TPSA) is 99.8 Å². The van der Waals surface area contributed by atoms with E-state index in [1.54, 1.807) is 0 Å². The maximum Gasteiger partial charge on any atom is 0.298 e. The first-order valence-corrected chi connectivity index (χ1v) is 4.96. The van der Waals surface area contributed by atoms with E-state index in [1.165, 1.54) is 19.2 Å². The van der Waals surface area contributed by atoms with Crippen molar-refractivity contribution in [3.05, 3.63) is 18.2 Å². The molecule has 2 N–H and O–H groups in total. The molecule has 0 aliphatic heterocycles. The van der Waals surface area contributed by atoms with Gasteiger partial charge in [0.2, 0.25) is 0 Å². The van der Waals surface area contributed by atoms with E-state index in [9.17, 15) is 8.42 Å². The van der Waals surface area contributed by atoms with Crippen molar-refractivity contribution in [1.29, 1.82) is 5.53 Å². The van der Waals surface area contributed by atoms with Gasteiger partial charge < -0.3 is 4.74 Å². The van der Waals surface area contributed by atoms with Crippen molar-refractivity contribution in [2.75, 3.05) is 7.11 Å². The highest BCUT2D eigenvalue weighted by Crippen LogP contribution is 2.27. The largest absolute Gasteiger partial charge is 0.495 e. The fourth-order valence-electron chi connectivity index (χ4n) is 0.937. The number of hydrogen-bond donors (Lipinski definition) is 2. The second-order valence-corrected chi connectivity index (χ2v) is 3.81. The number of rotatable bonds is 3.